The van der Waals surface area contributed by atoms with Crippen LogP contribution in [0.25, 0.3) is 0 Å². The van der Waals surface area contributed by atoms with E-state index in [0.717, 1.165) is 19.4 Å². The highest BCUT2D eigenvalue weighted by molar-refractivity contribution is 7.92. The van der Waals surface area contributed by atoms with E-state index < -0.39 is 9.84 Å². The number of likely N-dealkylation sites (tertiary alicyclic amines) is 1. The van der Waals surface area contributed by atoms with Crippen molar-refractivity contribution in [3.05, 3.63) is 0 Å². The highest BCUT2D eigenvalue weighted by Crippen LogP contribution is 2.21. The average Bonchev–Trinajstić information content (AvgIpc) is 2.27. The van der Waals surface area contributed by atoms with Crippen molar-refractivity contribution in [3.8, 4) is 0 Å². The molecule has 1 rings (SSSR count). The monoisotopic (exact) mass is 262 g/mol. The van der Waals surface area contributed by atoms with Gasteiger partial charge in [0.2, 0.25) is 0 Å². The van der Waals surface area contributed by atoms with E-state index in [1.54, 1.807) is 13.8 Å². The molecule has 2 N–H and O–H groups in total. The Labute approximate surface area is 105 Å². The van der Waals surface area contributed by atoms with Gasteiger partial charge in [-0.15, -0.1) is 0 Å². The Bertz CT molecular complexity index is 327. The lowest BCUT2D eigenvalue weighted by atomic mass is 9.92. The molecule has 0 aromatic rings. The van der Waals surface area contributed by atoms with Gasteiger partial charge in [-0.2, -0.15) is 0 Å². The molecule has 17 heavy (non-hydrogen) atoms. The third-order valence-corrected chi connectivity index (χ3v) is 5.94. The second-order valence-electron chi connectivity index (χ2n) is 5.47. The zero-order valence-electron chi connectivity index (χ0n) is 11.2. The van der Waals surface area contributed by atoms with E-state index in [1.165, 1.54) is 0 Å². The van der Waals surface area contributed by atoms with Crippen molar-refractivity contribution in [2.45, 2.75) is 44.9 Å². The highest BCUT2D eigenvalue weighted by atomic mass is 32.2. The van der Waals surface area contributed by atoms with Gasteiger partial charge in [0.1, 0.15) is 0 Å². The van der Waals surface area contributed by atoms with E-state index in [2.05, 4.69) is 11.8 Å². The molecule has 0 bridgehead atoms. The van der Waals surface area contributed by atoms with Gasteiger partial charge in [0.25, 0.3) is 0 Å². The number of nitrogens with zero attached hydrogens (tertiary/aromatic N) is 1. The minimum atomic E-state index is -2.93. The molecule has 0 amide bonds. The Balaban J connectivity index is 2.51. The molecular formula is C12H26N2O2S. The zero-order valence-corrected chi connectivity index (χ0v) is 12.0. The quantitative estimate of drug-likeness (QED) is 0.798. The van der Waals surface area contributed by atoms with Crippen molar-refractivity contribution >= 4 is 9.84 Å². The summed E-state index contributed by atoms with van der Waals surface area (Å²) in [5.74, 6) is 0.969. The molecule has 0 aliphatic carbocycles. The maximum atomic E-state index is 11.8. The molecule has 0 saturated carbocycles. The Morgan fingerprint density at radius 1 is 1.41 bits per heavy atom. The normalized spacial score (nSPS) is 27.6. The molecule has 1 fully saturated rings. The fraction of sp³-hybridized carbons (Fsp3) is 1.00. The minimum absolute atomic E-state index is 0.259. The lowest BCUT2D eigenvalue weighted by Gasteiger charge is -2.37. The van der Waals surface area contributed by atoms with Crippen LogP contribution in [0.2, 0.25) is 0 Å². The number of nitrogens with two attached hydrogens (primary N) is 1. The molecule has 2 unspecified atom stereocenters. The first kappa shape index (κ1) is 14.9. The Hall–Kier alpha value is -0.130. The average molecular weight is 262 g/mol. The molecular weight excluding hydrogens is 236 g/mol. The summed E-state index contributed by atoms with van der Waals surface area (Å²) in [6.45, 7) is 7.98. The molecule has 5 heteroatoms. The fourth-order valence-electron chi connectivity index (χ4n) is 2.32. The first-order chi connectivity index (χ1) is 7.86. The van der Waals surface area contributed by atoms with Crippen LogP contribution in [0.1, 0.15) is 33.6 Å². The van der Waals surface area contributed by atoms with Crippen molar-refractivity contribution in [2.75, 3.05) is 25.4 Å². The summed E-state index contributed by atoms with van der Waals surface area (Å²) in [5.41, 5.74) is 5.76. The third-order valence-electron chi connectivity index (χ3n) is 3.75. The molecule has 0 aromatic carbocycles. The SMILES string of the molecule is CC1CCN(CCS(=O)(=O)C(C)C)C(CN)C1. The van der Waals surface area contributed by atoms with Crippen LogP contribution in [-0.2, 0) is 9.84 Å². The van der Waals surface area contributed by atoms with Gasteiger partial charge in [0.05, 0.1) is 11.0 Å². The van der Waals surface area contributed by atoms with E-state index >= 15 is 0 Å². The van der Waals surface area contributed by atoms with Crippen LogP contribution in [0.5, 0.6) is 0 Å². The molecule has 0 radical (unpaired) electrons. The van der Waals surface area contributed by atoms with Crippen molar-refractivity contribution < 1.29 is 8.42 Å². The predicted octanol–water partition coefficient (Wildman–Crippen LogP) is 0.869. The van der Waals surface area contributed by atoms with Gasteiger partial charge in [-0.25, -0.2) is 8.42 Å². The van der Waals surface area contributed by atoms with Crippen LogP contribution in [-0.4, -0.2) is 50.0 Å². The maximum absolute atomic E-state index is 11.8. The topological polar surface area (TPSA) is 63.4 Å². The first-order valence-electron chi connectivity index (χ1n) is 6.52. The summed E-state index contributed by atoms with van der Waals surface area (Å²) in [6, 6.07) is 0.362. The van der Waals surface area contributed by atoms with E-state index in [4.69, 9.17) is 5.73 Å². The third kappa shape index (κ3) is 4.23. The van der Waals surface area contributed by atoms with Gasteiger partial charge in [0, 0.05) is 19.1 Å². The van der Waals surface area contributed by atoms with E-state index in [9.17, 15) is 8.42 Å². The largest absolute Gasteiger partial charge is 0.329 e. The van der Waals surface area contributed by atoms with Crippen molar-refractivity contribution in [1.82, 2.24) is 4.90 Å². The summed E-state index contributed by atoms with van der Waals surface area (Å²) in [4.78, 5) is 2.25. The zero-order chi connectivity index (χ0) is 13.1. The van der Waals surface area contributed by atoms with Gasteiger partial charge >= 0.3 is 0 Å². The van der Waals surface area contributed by atoms with Crippen LogP contribution < -0.4 is 5.73 Å². The van der Waals surface area contributed by atoms with Gasteiger partial charge in [-0.05, 0) is 39.2 Å². The summed E-state index contributed by atoms with van der Waals surface area (Å²) < 4.78 is 23.5. The number of rotatable bonds is 5. The molecule has 1 aliphatic rings. The lowest BCUT2D eigenvalue weighted by Crippen LogP contribution is -2.48. The van der Waals surface area contributed by atoms with Crippen molar-refractivity contribution in [2.24, 2.45) is 11.7 Å². The number of hydrogen-bond donors (Lipinski definition) is 1. The summed E-state index contributed by atoms with van der Waals surface area (Å²) in [7, 11) is -2.93. The summed E-state index contributed by atoms with van der Waals surface area (Å²) in [5, 5.41) is -0.275. The standard InChI is InChI=1S/C12H26N2O2S/c1-10(2)17(15,16)7-6-14-5-4-11(3)8-12(14)9-13/h10-12H,4-9,13H2,1-3H3. The molecule has 102 valence electrons. The molecule has 4 nitrogen and oxygen atoms in total. The van der Waals surface area contributed by atoms with Crippen LogP contribution in [0.4, 0.5) is 0 Å². The Morgan fingerprint density at radius 3 is 2.59 bits per heavy atom. The van der Waals surface area contributed by atoms with Gasteiger partial charge in [-0.1, -0.05) is 6.92 Å². The fourth-order valence-corrected chi connectivity index (χ4v) is 3.28. The maximum Gasteiger partial charge on any atom is 0.153 e. The number of sulfone groups is 1. The summed E-state index contributed by atoms with van der Waals surface area (Å²) >= 11 is 0. The van der Waals surface area contributed by atoms with Gasteiger partial charge < -0.3 is 5.73 Å². The van der Waals surface area contributed by atoms with Crippen LogP contribution in [0.15, 0.2) is 0 Å². The molecule has 1 heterocycles. The van der Waals surface area contributed by atoms with Crippen LogP contribution in [0.3, 0.4) is 0 Å². The Kier molecular flexibility index (Phi) is 5.41. The van der Waals surface area contributed by atoms with E-state index in [0.29, 0.717) is 25.0 Å². The summed E-state index contributed by atoms with van der Waals surface area (Å²) in [6.07, 6.45) is 2.25. The van der Waals surface area contributed by atoms with Crippen molar-refractivity contribution in [3.63, 3.8) is 0 Å². The molecule has 1 saturated heterocycles. The lowest BCUT2D eigenvalue weighted by molar-refractivity contribution is 0.130. The van der Waals surface area contributed by atoms with Crippen molar-refractivity contribution in [1.29, 1.82) is 0 Å². The smallest absolute Gasteiger partial charge is 0.153 e. The Morgan fingerprint density at radius 2 is 2.06 bits per heavy atom. The van der Waals surface area contributed by atoms with Gasteiger partial charge in [0.15, 0.2) is 9.84 Å². The number of piperidine rings is 1. The van der Waals surface area contributed by atoms with Crippen LogP contribution >= 0.6 is 0 Å². The second kappa shape index (κ2) is 6.16. The van der Waals surface area contributed by atoms with Gasteiger partial charge in [-0.3, -0.25) is 4.90 Å². The molecule has 0 aromatic heterocycles. The second-order valence-corrected chi connectivity index (χ2v) is 8.15. The van der Waals surface area contributed by atoms with E-state index in [1.807, 2.05) is 0 Å². The van der Waals surface area contributed by atoms with Crippen LogP contribution in [0, 0.1) is 5.92 Å². The van der Waals surface area contributed by atoms with E-state index in [-0.39, 0.29) is 11.0 Å². The number of hydrogen-bond acceptors (Lipinski definition) is 4. The predicted molar refractivity (Wildman–Crippen MR) is 71.7 cm³/mol. The molecule has 1 aliphatic heterocycles. The minimum Gasteiger partial charge on any atom is -0.329 e. The highest BCUT2D eigenvalue weighted by Gasteiger charge is 2.26. The first-order valence-corrected chi connectivity index (χ1v) is 8.24. The molecule has 0 spiro atoms. The molecule has 2 atom stereocenters.